The molecule has 5 nitrogen and oxygen atoms in total. The number of carbonyl (C=O) groups is 1. The number of hydrogen-bond donors (Lipinski definition) is 1. The van der Waals surface area contributed by atoms with E-state index in [0.29, 0.717) is 19.6 Å². The van der Waals surface area contributed by atoms with Gasteiger partial charge in [0, 0.05) is 26.6 Å². The smallest absolute Gasteiger partial charge is 0.219 e. The Morgan fingerprint density at radius 2 is 2.08 bits per heavy atom. The SMILES string of the molecule is CC(=O)N1CCNS(=O)(=O)CC1. The van der Waals surface area contributed by atoms with Crippen molar-refractivity contribution < 1.29 is 13.2 Å². The van der Waals surface area contributed by atoms with Crippen molar-refractivity contribution in [1.29, 1.82) is 0 Å². The Bertz CT molecular complexity index is 273. The van der Waals surface area contributed by atoms with Crippen LogP contribution in [0.5, 0.6) is 0 Å². The molecule has 0 aromatic heterocycles. The van der Waals surface area contributed by atoms with Gasteiger partial charge in [-0.1, -0.05) is 0 Å². The number of rotatable bonds is 0. The first-order chi connectivity index (χ1) is 5.51. The Labute approximate surface area is 71.8 Å². The normalized spacial score (nSPS) is 23.2. The second-order valence-electron chi connectivity index (χ2n) is 2.72. The topological polar surface area (TPSA) is 66.5 Å². The van der Waals surface area contributed by atoms with Crippen LogP contribution in [0, 0.1) is 0 Å². The highest BCUT2D eigenvalue weighted by Gasteiger charge is 2.19. The fraction of sp³-hybridized carbons (Fsp3) is 0.833. The van der Waals surface area contributed by atoms with E-state index in [2.05, 4.69) is 4.72 Å². The van der Waals surface area contributed by atoms with Crippen molar-refractivity contribution in [2.75, 3.05) is 25.4 Å². The van der Waals surface area contributed by atoms with Gasteiger partial charge in [-0.25, -0.2) is 13.1 Å². The maximum Gasteiger partial charge on any atom is 0.219 e. The summed E-state index contributed by atoms with van der Waals surface area (Å²) in [6.45, 7) is 2.53. The van der Waals surface area contributed by atoms with Gasteiger partial charge in [-0.2, -0.15) is 0 Å². The average Bonchev–Trinajstić information content (AvgIpc) is 2.10. The van der Waals surface area contributed by atoms with Gasteiger partial charge in [0.05, 0.1) is 5.75 Å². The molecule has 12 heavy (non-hydrogen) atoms. The Hall–Kier alpha value is -0.620. The Kier molecular flexibility index (Phi) is 2.69. The fourth-order valence-electron chi connectivity index (χ4n) is 1.07. The first-order valence-electron chi connectivity index (χ1n) is 3.74. The Morgan fingerprint density at radius 1 is 1.42 bits per heavy atom. The van der Waals surface area contributed by atoms with Crippen molar-refractivity contribution in [2.45, 2.75) is 6.92 Å². The van der Waals surface area contributed by atoms with E-state index in [4.69, 9.17) is 0 Å². The molecular formula is C6H12N2O3S. The first kappa shape index (κ1) is 9.47. The van der Waals surface area contributed by atoms with Crippen LogP contribution in [0.4, 0.5) is 0 Å². The van der Waals surface area contributed by atoms with Crippen molar-refractivity contribution in [3.63, 3.8) is 0 Å². The summed E-state index contributed by atoms with van der Waals surface area (Å²) in [5, 5.41) is 0. The van der Waals surface area contributed by atoms with Crippen LogP contribution in [0.1, 0.15) is 6.92 Å². The highest BCUT2D eigenvalue weighted by molar-refractivity contribution is 7.89. The number of amides is 1. The van der Waals surface area contributed by atoms with Crippen molar-refractivity contribution in [3.8, 4) is 0 Å². The number of nitrogens with zero attached hydrogens (tertiary/aromatic N) is 1. The zero-order valence-electron chi connectivity index (χ0n) is 6.91. The van der Waals surface area contributed by atoms with Crippen LogP contribution in [0.3, 0.4) is 0 Å². The molecule has 1 aliphatic heterocycles. The third kappa shape index (κ3) is 2.46. The van der Waals surface area contributed by atoms with Gasteiger partial charge in [0.15, 0.2) is 0 Å². The van der Waals surface area contributed by atoms with Gasteiger partial charge in [0.2, 0.25) is 15.9 Å². The summed E-state index contributed by atoms with van der Waals surface area (Å²) in [5.41, 5.74) is 0. The largest absolute Gasteiger partial charge is 0.341 e. The van der Waals surface area contributed by atoms with Gasteiger partial charge in [0.1, 0.15) is 0 Å². The minimum atomic E-state index is -3.13. The lowest BCUT2D eigenvalue weighted by molar-refractivity contribution is -0.128. The zero-order valence-corrected chi connectivity index (χ0v) is 7.73. The summed E-state index contributed by atoms with van der Waals surface area (Å²) in [7, 11) is -3.13. The number of hydrogen-bond acceptors (Lipinski definition) is 3. The predicted molar refractivity (Wildman–Crippen MR) is 44.0 cm³/mol. The van der Waals surface area contributed by atoms with Crippen LogP contribution < -0.4 is 4.72 Å². The molecular weight excluding hydrogens is 180 g/mol. The third-order valence-electron chi connectivity index (χ3n) is 1.78. The molecule has 0 aliphatic carbocycles. The van der Waals surface area contributed by atoms with Crippen LogP contribution in [0.15, 0.2) is 0 Å². The van der Waals surface area contributed by atoms with Crippen LogP contribution in [-0.2, 0) is 14.8 Å². The van der Waals surface area contributed by atoms with E-state index in [1.807, 2.05) is 0 Å². The lowest BCUT2D eigenvalue weighted by atomic mass is 10.4. The molecule has 70 valence electrons. The maximum absolute atomic E-state index is 11.0. The predicted octanol–water partition coefficient (Wildman–Crippen LogP) is -1.23. The summed E-state index contributed by atoms with van der Waals surface area (Å²) < 4.78 is 24.4. The van der Waals surface area contributed by atoms with E-state index in [1.165, 1.54) is 11.8 Å². The maximum atomic E-state index is 11.0. The van der Waals surface area contributed by atoms with Gasteiger partial charge in [-0.05, 0) is 0 Å². The highest BCUT2D eigenvalue weighted by Crippen LogP contribution is 1.96. The van der Waals surface area contributed by atoms with Crippen molar-refractivity contribution in [1.82, 2.24) is 9.62 Å². The van der Waals surface area contributed by atoms with E-state index < -0.39 is 10.0 Å². The molecule has 0 saturated carbocycles. The van der Waals surface area contributed by atoms with Gasteiger partial charge >= 0.3 is 0 Å². The minimum absolute atomic E-state index is 0.00653. The standard InChI is InChI=1S/C6H12N2O3S/c1-6(9)8-3-2-7-12(10,11)5-4-8/h7H,2-5H2,1H3. The molecule has 0 unspecified atom stereocenters. The summed E-state index contributed by atoms with van der Waals surface area (Å²) in [6.07, 6.45) is 0. The molecule has 0 aromatic carbocycles. The van der Waals surface area contributed by atoms with Crippen molar-refractivity contribution >= 4 is 15.9 Å². The summed E-state index contributed by atoms with van der Waals surface area (Å²) >= 11 is 0. The van der Waals surface area contributed by atoms with E-state index in [0.717, 1.165) is 0 Å². The van der Waals surface area contributed by atoms with Crippen LogP contribution in [0.25, 0.3) is 0 Å². The molecule has 0 spiro atoms. The Morgan fingerprint density at radius 3 is 2.67 bits per heavy atom. The number of carbonyl (C=O) groups excluding carboxylic acids is 1. The van der Waals surface area contributed by atoms with Crippen LogP contribution in [0.2, 0.25) is 0 Å². The molecule has 0 aromatic rings. The molecule has 1 heterocycles. The quantitative estimate of drug-likeness (QED) is 0.522. The molecule has 0 atom stereocenters. The van der Waals surface area contributed by atoms with E-state index in [1.54, 1.807) is 0 Å². The van der Waals surface area contributed by atoms with E-state index in [9.17, 15) is 13.2 Å². The summed E-state index contributed by atoms with van der Waals surface area (Å²) in [6, 6.07) is 0. The Balaban J connectivity index is 2.62. The lowest BCUT2D eigenvalue weighted by Gasteiger charge is -2.15. The second kappa shape index (κ2) is 3.40. The van der Waals surface area contributed by atoms with Crippen LogP contribution in [-0.4, -0.2) is 44.6 Å². The van der Waals surface area contributed by atoms with Crippen molar-refractivity contribution in [2.24, 2.45) is 0 Å². The minimum Gasteiger partial charge on any atom is -0.341 e. The van der Waals surface area contributed by atoms with Crippen LogP contribution >= 0.6 is 0 Å². The molecule has 1 saturated heterocycles. The molecule has 1 fully saturated rings. The van der Waals surface area contributed by atoms with E-state index in [-0.39, 0.29) is 11.7 Å². The van der Waals surface area contributed by atoms with Crippen molar-refractivity contribution in [3.05, 3.63) is 0 Å². The first-order valence-corrected chi connectivity index (χ1v) is 5.39. The molecule has 1 amide bonds. The van der Waals surface area contributed by atoms with Gasteiger partial charge in [-0.15, -0.1) is 0 Å². The zero-order chi connectivity index (χ0) is 9.19. The van der Waals surface area contributed by atoms with E-state index >= 15 is 0 Å². The van der Waals surface area contributed by atoms with Gasteiger partial charge < -0.3 is 4.90 Å². The average molecular weight is 192 g/mol. The highest BCUT2D eigenvalue weighted by atomic mass is 32.2. The molecule has 1 N–H and O–H groups in total. The lowest BCUT2D eigenvalue weighted by Crippen LogP contribution is -2.32. The second-order valence-corrected chi connectivity index (χ2v) is 4.65. The monoisotopic (exact) mass is 192 g/mol. The number of sulfonamides is 1. The van der Waals surface area contributed by atoms with Gasteiger partial charge in [-0.3, -0.25) is 4.79 Å². The molecule has 6 heteroatoms. The summed E-state index contributed by atoms with van der Waals surface area (Å²) in [5.74, 6) is -0.0686. The fourth-order valence-corrected chi connectivity index (χ4v) is 2.07. The molecule has 1 aliphatic rings. The molecule has 0 radical (unpaired) electrons. The third-order valence-corrected chi connectivity index (χ3v) is 3.14. The number of nitrogens with one attached hydrogen (secondary N) is 1. The summed E-state index contributed by atoms with van der Waals surface area (Å²) in [4.78, 5) is 12.4. The molecule has 0 bridgehead atoms. The van der Waals surface area contributed by atoms with Gasteiger partial charge in [0.25, 0.3) is 0 Å². The molecule has 1 rings (SSSR count).